The van der Waals surface area contributed by atoms with Gasteiger partial charge in [-0.2, -0.15) is 0 Å². The van der Waals surface area contributed by atoms with Gasteiger partial charge in [-0.25, -0.2) is 0 Å². The lowest BCUT2D eigenvalue weighted by atomic mass is 9.80. The van der Waals surface area contributed by atoms with Crippen molar-refractivity contribution in [2.75, 3.05) is 13.2 Å². The number of aliphatic hydroxyl groups is 1. The fourth-order valence-corrected chi connectivity index (χ4v) is 5.65. The maximum Gasteiger partial charge on any atom is 0.164 e. The maximum absolute atomic E-state index is 9.78. The third-order valence-corrected chi connectivity index (χ3v) is 7.53. The van der Waals surface area contributed by atoms with Crippen LogP contribution in [0.5, 0.6) is 0 Å². The van der Waals surface area contributed by atoms with E-state index < -0.39 is 11.4 Å². The van der Waals surface area contributed by atoms with Crippen LogP contribution in [0.25, 0.3) is 0 Å². The molecule has 5 atom stereocenters. The summed E-state index contributed by atoms with van der Waals surface area (Å²) in [5, 5.41) is 9.78. The number of alkyl halides is 1. The van der Waals surface area contributed by atoms with Gasteiger partial charge >= 0.3 is 0 Å². The summed E-state index contributed by atoms with van der Waals surface area (Å²) in [7, 11) is 0. The number of fused-ring (bicyclic) bond motifs is 1. The SMILES string of the molecule is CC1(C)O[C@@H]2[C@H](O1)[C@@H](COC(c1ccccc1)(c1ccccc1)c1ccccc1)O[C@H]2C(Br)CO. The number of aliphatic hydroxyl groups excluding tert-OH is 1. The van der Waals surface area contributed by atoms with E-state index in [0.717, 1.165) is 16.7 Å². The van der Waals surface area contributed by atoms with Crippen LogP contribution in [0.4, 0.5) is 0 Å². The normalized spacial score (nSPS) is 26.4. The van der Waals surface area contributed by atoms with Gasteiger partial charge in [0.2, 0.25) is 0 Å². The molecule has 0 radical (unpaired) electrons. The fraction of sp³-hybridized carbons (Fsp3) is 0.379. The monoisotopic (exact) mass is 538 g/mol. The molecule has 35 heavy (non-hydrogen) atoms. The molecule has 1 unspecified atom stereocenters. The predicted molar refractivity (Wildman–Crippen MR) is 137 cm³/mol. The lowest BCUT2D eigenvalue weighted by Gasteiger charge is -2.37. The molecule has 2 aliphatic heterocycles. The van der Waals surface area contributed by atoms with Crippen molar-refractivity contribution in [1.82, 2.24) is 0 Å². The molecule has 2 heterocycles. The van der Waals surface area contributed by atoms with Gasteiger partial charge < -0.3 is 24.1 Å². The molecule has 0 saturated carbocycles. The predicted octanol–water partition coefficient (Wildman–Crippen LogP) is 5.04. The standard InChI is InChI=1S/C29H31BrO5/c1-28(2)34-26-24(33-25(23(30)18-31)27(26)35-28)19-32-29(20-12-6-3-7-13-20,21-14-8-4-9-15-21)22-16-10-5-11-17-22/h3-17,23-27,31H,18-19H2,1-2H3/t23?,24-,25+,26-,27+/m1/s1. The van der Waals surface area contributed by atoms with Crippen LogP contribution in [0.1, 0.15) is 30.5 Å². The highest BCUT2D eigenvalue weighted by Crippen LogP contribution is 2.44. The Morgan fingerprint density at radius 2 is 1.29 bits per heavy atom. The Kier molecular flexibility index (Phi) is 7.13. The zero-order chi connectivity index (χ0) is 24.5. The van der Waals surface area contributed by atoms with Crippen LogP contribution >= 0.6 is 15.9 Å². The second kappa shape index (κ2) is 10.1. The molecule has 0 bridgehead atoms. The van der Waals surface area contributed by atoms with Gasteiger partial charge in [0.25, 0.3) is 0 Å². The first-order chi connectivity index (χ1) is 16.9. The minimum Gasteiger partial charge on any atom is -0.395 e. The van der Waals surface area contributed by atoms with Crippen LogP contribution in [0.3, 0.4) is 0 Å². The minimum atomic E-state index is -0.847. The number of rotatable bonds is 8. The average molecular weight is 539 g/mol. The molecule has 5 rings (SSSR count). The summed E-state index contributed by atoms with van der Waals surface area (Å²) in [5.74, 6) is -0.729. The quantitative estimate of drug-likeness (QED) is 0.321. The summed E-state index contributed by atoms with van der Waals surface area (Å²) >= 11 is 3.55. The van der Waals surface area contributed by atoms with Crippen molar-refractivity contribution in [2.45, 2.75) is 54.5 Å². The van der Waals surface area contributed by atoms with E-state index in [-0.39, 0.29) is 42.5 Å². The van der Waals surface area contributed by atoms with E-state index in [1.165, 1.54) is 0 Å². The van der Waals surface area contributed by atoms with Gasteiger partial charge in [-0.15, -0.1) is 0 Å². The van der Waals surface area contributed by atoms with E-state index in [4.69, 9.17) is 18.9 Å². The molecule has 0 aliphatic carbocycles. The second-order valence-corrected chi connectivity index (χ2v) is 10.7. The molecule has 3 aromatic rings. The van der Waals surface area contributed by atoms with Crippen molar-refractivity contribution >= 4 is 15.9 Å². The van der Waals surface area contributed by atoms with Crippen LogP contribution < -0.4 is 0 Å². The molecular formula is C29H31BrO5. The van der Waals surface area contributed by atoms with Gasteiger partial charge in [0.15, 0.2) is 5.79 Å². The molecule has 0 aromatic heterocycles. The molecular weight excluding hydrogens is 508 g/mol. The number of benzene rings is 3. The van der Waals surface area contributed by atoms with Gasteiger partial charge in [-0.05, 0) is 30.5 Å². The minimum absolute atomic E-state index is 0.0623. The Labute approximate surface area is 215 Å². The van der Waals surface area contributed by atoms with Gasteiger partial charge in [-0.3, -0.25) is 0 Å². The van der Waals surface area contributed by atoms with Gasteiger partial charge in [0.05, 0.1) is 18.0 Å². The topological polar surface area (TPSA) is 57.2 Å². The highest BCUT2D eigenvalue weighted by molar-refractivity contribution is 9.09. The van der Waals surface area contributed by atoms with Crippen LogP contribution in [0.15, 0.2) is 91.0 Å². The molecule has 2 saturated heterocycles. The van der Waals surface area contributed by atoms with E-state index in [0.29, 0.717) is 0 Å². The maximum atomic E-state index is 9.78. The first-order valence-electron chi connectivity index (χ1n) is 12.0. The highest BCUT2D eigenvalue weighted by Gasteiger charge is 2.57. The third-order valence-electron chi connectivity index (χ3n) is 6.72. The van der Waals surface area contributed by atoms with E-state index in [2.05, 4.69) is 52.3 Å². The van der Waals surface area contributed by atoms with Crippen molar-refractivity contribution < 1.29 is 24.1 Å². The molecule has 3 aromatic carbocycles. The first-order valence-corrected chi connectivity index (χ1v) is 12.9. The van der Waals surface area contributed by atoms with Crippen molar-refractivity contribution in [3.05, 3.63) is 108 Å². The van der Waals surface area contributed by atoms with Crippen molar-refractivity contribution in [3.8, 4) is 0 Å². The van der Waals surface area contributed by atoms with Crippen molar-refractivity contribution in [2.24, 2.45) is 0 Å². The zero-order valence-electron chi connectivity index (χ0n) is 19.9. The van der Waals surface area contributed by atoms with Gasteiger partial charge in [-0.1, -0.05) is 107 Å². The first kappa shape index (κ1) is 24.6. The summed E-state index contributed by atoms with van der Waals surface area (Å²) in [6, 6.07) is 30.8. The smallest absolute Gasteiger partial charge is 0.164 e. The molecule has 2 fully saturated rings. The summed E-state index contributed by atoms with van der Waals surface area (Å²) in [6.45, 7) is 4.03. The molecule has 1 N–H and O–H groups in total. The molecule has 184 valence electrons. The van der Waals surface area contributed by atoms with Crippen molar-refractivity contribution in [1.29, 1.82) is 0 Å². The van der Waals surface area contributed by atoms with Crippen LogP contribution in [-0.4, -0.2) is 53.4 Å². The van der Waals surface area contributed by atoms with Gasteiger partial charge in [0, 0.05) is 0 Å². The molecule has 0 spiro atoms. The molecule has 6 heteroatoms. The Hall–Kier alpha value is -2.06. The largest absolute Gasteiger partial charge is 0.395 e. The third kappa shape index (κ3) is 4.71. The van der Waals surface area contributed by atoms with Crippen LogP contribution in [0.2, 0.25) is 0 Å². The van der Waals surface area contributed by atoms with E-state index >= 15 is 0 Å². The number of hydrogen-bond donors (Lipinski definition) is 1. The Bertz CT molecular complexity index is 995. The summed E-state index contributed by atoms with van der Waals surface area (Å²) in [5.41, 5.74) is 2.24. The number of hydrogen-bond acceptors (Lipinski definition) is 5. The Morgan fingerprint density at radius 1 is 0.829 bits per heavy atom. The van der Waals surface area contributed by atoms with E-state index in [1.54, 1.807) is 0 Å². The molecule has 2 aliphatic rings. The Morgan fingerprint density at radius 3 is 1.74 bits per heavy atom. The van der Waals surface area contributed by atoms with Crippen LogP contribution in [-0.2, 0) is 24.5 Å². The number of ether oxygens (including phenoxy) is 4. The lowest BCUT2D eigenvalue weighted by molar-refractivity contribution is -0.195. The molecule has 5 nitrogen and oxygen atoms in total. The Balaban J connectivity index is 1.54. The van der Waals surface area contributed by atoms with Crippen LogP contribution in [0, 0.1) is 0 Å². The van der Waals surface area contributed by atoms with E-state index in [1.807, 2.05) is 68.4 Å². The summed E-state index contributed by atoms with van der Waals surface area (Å²) in [6.07, 6.45) is -1.31. The van der Waals surface area contributed by atoms with E-state index in [9.17, 15) is 5.11 Å². The van der Waals surface area contributed by atoms with Gasteiger partial charge in [0.1, 0.15) is 30.0 Å². The summed E-state index contributed by atoms with van der Waals surface area (Å²) in [4.78, 5) is -0.264. The van der Waals surface area contributed by atoms with Crippen molar-refractivity contribution in [3.63, 3.8) is 0 Å². The molecule has 0 amide bonds. The number of halogens is 1. The average Bonchev–Trinajstić information content (AvgIpc) is 3.39. The zero-order valence-corrected chi connectivity index (χ0v) is 21.5. The lowest BCUT2D eigenvalue weighted by Crippen LogP contribution is -2.39. The second-order valence-electron chi connectivity index (χ2n) is 9.49. The summed E-state index contributed by atoms with van der Waals surface area (Å²) < 4.78 is 25.8. The fourth-order valence-electron chi connectivity index (χ4n) is 5.22. The highest BCUT2D eigenvalue weighted by atomic mass is 79.9.